The molecule has 4 aromatic carbocycles. The molecule has 4 rings (SSSR count). The number of hydrogen-bond acceptors (Lipinski definition) is 2. The zero-order valence-electron chi connectivity index (χ0n) is 14.9. The Morgan fingerprint density at radius 1 is 0.500 bits per heavy atom. The third-order valence-corrected chi connectivity index (χ3v) is 4.72. The van der Waals surface area contributed by atoms with Crippen LogP contribution in [0.2, 0.25) is 0 Å². The Bertz CT molecular complexity index is 1050. The summed E-state index contributed by atoms with van der Waals surface area (Å²) in [5, 5.41) is 2.44. The number of ether oxygens (including phenoxy) is 2. The Morgan fingerprint density at radius 2 is 1.12 bits per heavy atom. The molecule has 0 spiro atoms. The molecule has 0 unspecified atom stereocenters. The van der Waals surface area contributed by atoms with Crippen LogP contribution in [0.5, 0.6) is 11.5 Å². The van der Waals surface area contributed by atoms with E-state index in [1.54, 1.807) is 14.2 Å². The lowest BCUT2D eigenvalue weighted by Crippen LogP contribution is -1.90. The molecule has 0 saturated heterocycles. The molecular formula is C24H20O2. The summed E-state index contributed by atoms with van der Waals surface area (Å²) in [6, 6.07) is 29.2. The van der Waals surface area contributed by atoms with E-state index in [0.717, 1.165) is 17.1 Å². The molecule has 0 aliphatic carbocycles. The molecule has 0 amide bonds. The molecule has 0 heterocycles. The number of fused-ring (bicyclic) bond motifs is 1. The van der Waals surface area contributed by atoms with Crippen molar-refractivity contribution in [2.45, 2.75) is 0 Å². The first-order valence-electron chi connectivity index (χ1n) is 8.61. The molecule has 0 bridgehead atoms. The van der Waals surface area contributed by atoms with E-state index in [0.29, 0.717) is 0 Å². The lowest BCUT2D eigenvalue weighted by molar-refractivity contribution is 0.415. The molecule has 0 N–H and O–H groups in total. The highest BCUT2D eigenvalue weighted by Gasteiger charge is 2.12. The van der Waals surface area contributed by atoms with Crippen LogP contribution < -0.4 is 9.47 Å². The maximum atomic E-state index is 5.58. The summed E-state index contributed by atoms with van der Waals surface area (Å²) in [6.07, 6.45) is 0. The van der Waals surface area contributed by atoms with Crippen molar-refractivity contribution in [3.63, 3.8) is 0 Å². The fraction of sp³-hybridized carbons (Fsp3) is 0.0833. The third kappa shape index (κ3) is 2.80. The molecule has 0 fully saturated rings. The lowest BCUT2D eigenvalue weighted by Gasteiger charge is -2.14. The minimum Gasteiger partial charge on any atom is -0.497 e. The van der Waals surface area contributed by atoms with E-state index in [1.165, 1.54) is 27.5 Å². The molecule has 0 aliphatic heterocycles. The SMILES string of the molecule is COc1ccc(-c2ccc(-c3ccccc3OC)c3ccccc23)cc1. The summed E-state index contributed by atoms with van der Waals surface area (Å²) >= 11 is 0. The standard InChI is InChI=1S/C24H20O2/c1-25-18-13-11-17(12-14-18)19-15-16-22(21-8-4-3-7-20(19)21)23-9-5-6-10-24(23)26-2/h3-16H,1-2H3. The van der Waals surface area contributed by atoms with E-state index < -0.39 is 0 Å². The molecule has 0 atom stereocenters. The van der Waals surface area contributed by atoms with Gasteiger partial charge in [-0.25, -0.2) is 0 Å². The maximum Gasteiger partial charge on any atom is 0.126 e. The van der Waals surface area contributed by atoms with E-state index in [2.05, 4.69) is 54.6 Å². The second-order valence-corrected chi connectivity index (χ2v) is 6.14. The van der Waals surface area contributed by atoms with Gasteiger partial charge in [-0.3, -0.25) is 0 Å². The first-order chi connectivity index (χ1) is 12.8. The number of hydrogen-bond donors (Lipinski definition) is 0. The largest absolute Gasteiger partial charge is 0.497 e. The van der Waals surface area contributed by atoms with Gasteiger partial charge in [-0.15, -0.1) is 0 Å². The van der Waals surface area contributed by atoms with Crippen molar-refractivity contribution in [3.05, 3.63) is 84.9 Å². The fourth-order valence-corrected chi connectivity index (χ4v) is 3.42. The van der Waals surface area contributed by atoms with Crippen LogP contribution in [0.1, 0.15) is 0 Å². The van der Waals surface area contributed by atoms with Gasteiger partial charge in [0.1, 0.15) is 11.5 Å². The molecule has 0 saturated carbocycles. The number of rotatable bonds is 4. The summed E-state index contributed by atoms with van der Waals surface area (Å²) in [5.41, 5.74) is 4.67. The van der Waals surface area contributed by atoms with Gasteiger partial charge >= 0.3 is 0 Å². The first kappa shape index (κ1) is 16.2. The van der Waals surface area contributed by atoms with Crippen LogP contribution >= 0.6 is 0 Å². The van der Waals surface area contributed by atoms with Crippen LogP contribution in [0.15, 0.2) is 84.9 Å². The molecule has 0 aliphatic rings. The Morgan fingerprint density at radius 3 is 1.81 bits per heavy atom. The van der Waals surface area contributed by atoms with Gasteiger partial charge in [0, 0.05) is 5.56 Å². The zero-order chi connectivity index (χ0) is 17.9. The second kappa shape index (κ2) is 6.93. The Labute approximate surface area is 153 Å². The van der Waals surface area contributed by atoms with Gasteiger partial charge in [-0.05, 0) is 45.7 Å². The van der Waals surface area contributed by atoms with E-state index in [9.17, 15) is 0 Å². The minimum atomic E-state index is 0.865. The van der Waals surface area contributed by atoms with E-state index in [-0.39, 0.29) is 0 Å². The van der Waals surface area contributed by atoms with Crippen molar-refractivity contribution >= 4 is 10.8 Å². The predicted molar refractivity (Wildman–Crippen MR) is 108 cm³/mol. The maximum absolute atomic E-state index is 5.58. The lowest BCUT2D eigenvalue weighted by atomic mass is 9.92. The van der Waals surface area contributed by atoms with Crippen LogP contribution in [0.4, 0.5) is 0 Å². The Hall–Kier alpha value is -3.26. The molecule has 4 aromatic rings. The number of methoxy groups -OCH3 is 2. The smallest absolute Gasteiger partial charge is 0.126 e. The van der Waals surface area contributed by atoms with Crippen LogP contribution in [0, 0.1) is 0 Å². The van der Waals surface area contributed by atoms with Crippen LogP contribution in [-0.4, -0.2) is 14.2 Å². The monoisotopic (exact) mass is 340 g/mol. The highest BCUT2D eigenvalue weighted by atomic mass is 16.5. The van der Waals surface area contributed by atoms with Crippen molar-refractivity contribution in [1.82, 2.24) is 0 Å². The Balaban J connectivity index is 1.94. The quantitative estimate of drug-likeness (QED) is 0.441. The minimum absolute atomic E-state index is 0.865. The van der Waals surface area contributed by atoms with Crippen molar-refractivity contribution in [1.29, 1.82) is 0 Å². The number of para-hydroxylation sites is 1. The zero-order valence-corrected chi connectivity index (χ0v) is 14.9. The molecule has 2 nitrogen and oxygen atoms in total. The van der Waals surface area contributed by atoms with Gasteiger partial charge < -0.3 is 9.47 Å². The van der Waals surface area contributed by atoms with Crippen molar-refractivity contribution in [2.75, 3.05) is 14.2 Å². The van der Waals surface area contributed by atoms with Gasteiger partial charge in [-0.1, -0.05) is 66.7 Å². The highest BCUT2D eigenvalue weighted by molar-refractivity contribution is 6.05. The third-order valence-electron chi connectivity index (χ3n) is 4.72. The average Bonchev–Trinajstić information content (AvgIpc) is 2.73. The van der Waals surface area contributed by atoms with Crippen molar-refractivity contribution in [2.24, 2.45) is 0 Å². The highest BCUT2D eigenvalue weighted by Crippen LogP contribution is 2.39. The van der Waals surface area contributed by atoms with Crippen LogP contribution in [-0.2, 0) is 0 Å². The van der Waals surface area contributed by atoms with Gasteiger partial charge in [0.15, 0.2) is 0 Å². The predicted octanol–water partition coefficient (Wildman–Crippen LogP) is 6.19. The molecule has 0 aromatic heterocycles. The van der Waals surface area contributed by atoms with Crippen molar-refractivity contribution < 1.29 is 9.47 Å². The molecule has 26 heavy (non-hydrogen) atoms. The van der Waals surface area contributed by atoms with Gasteiger partial charge in [0.25, 0.3) is 0 Å². The molecule has 2 heteroatoms. The number of benzene rings is 4. The normalized spacial score (nSPS) is 10.7. The Kier molecular flexibility index (Phi) is 4.32. The van der Waals surface area contributed by atoms with Crippen LogP contribution in [0.3, 0.4) is 0 Å². The first-order valence-corrected chi connectivity index (χ1v) is 8.61. The summed E-state index contributed by atoms with van der Waals surface area (Å²) < 4.78 is 10.9. The fourth-order valence-electron chi connectivity index (χ4n) is 3.42. The summed E-state index contributed by atoms with van der Waals surface area (Å²) in [7, 11) is 3.40. The van der Waals surface area contributed by atoms with E-state index in [4.69, 9.17) is 9.47 Å². The topological polar surface area (TPSA) is 18.5 Å². The van der Waals surface area contributed by atoms with E-state index >= 15 is 0 Å². The van der Waals surface area contributed by atoms with Gasteiger partial charge in [0.2, 0.25) is 0 Å². The van der Waals surface area contributed by atoms with Crippen LogP contribution in [0.25, 0.3) is 33.0 Å². The van der Waals surface area contributed by atoms with Gasteiger partial charge in [-0.2, -0.15) is 0 Å². The van der Waals surface area contributed by atoms with Gasteiger partial charge in [0.05, 0.1) is 14.2 Å². The van der Waals surface area contributed by atoms with E-state index in [1.807, 2.05) is 30.3 Å². The molecule has 128 valence electrons. The van der Waals surface area contributed by atoms with Crippen molar-refractivity contribution in [3.8, 4) is 33.8 Å². The summed E-state index contributed by atoms with van der Waals surface area (Å²) in [4.78, 5) is 0. The molecular weight excluding hydrogens is 320 g/mol. The second-order valence-electron chi connectivity index (χ2n) is 6.14. The average molecular weight is 340 g/mol. The molecule has 0 radical (unpaired) electrons. The summed E-state index contributed by atoms with van der Waals surface area (Å²) in [6.45, 7) is 0. The summed E-state index contributed by atoms with van der Waals surface area (Å²) in [5.74, 6) is 1.75.